The molecule has 25 heavy (non-hydrogen) atoms. The number of nitriles is 1. The van der Waals surface area contributed by atoms with Crippen LogP contribution in [0.4, 0.5) is 0 Å². The van der Waals surface area contributed by atoms with Crippen molar-refractivity contribution in [3.8, 4) is 6.07 Å². The van der Waals surface area contributed by atoms with Gasteiger partial charge in [-0.3, -0.25) is 4.79 Å². The predicted molar refractivity (Wildman–Crippen MR) is 97.8 cm³/mol. The number of carbonyl (C=O) groups is 2. The Bertz CT molecular complexity index is 698. The summed E-state index contributed by atoms with van der Waals surface area (Å²) in [5, 5.41) is 9.49. The smallest absolute Gasteiger partial charge is 0.350 e. The number of nitrogens with zero attached hydrogens (tertiary/aromatic N) is 2. The topological polar surface area (TPSA) is 70.4 Å². The maximum Gasteiger partial charge on any atom is 0.350 e. The van der Waals surface area contributed by atoms with Gasteiger partial charge in [-0.15, -0.1) is 0 Å². The van der Waals surface area contributed by atoms with Crippen LogP contribution in [0.3, 0.4) is 0 Å². The molecule has 0 bridgehead atoms. The van der Waals surface area contributed by atoms with Crippen LogP contribution in [0.5, 0.6) is 0 Å². The second-order valence-corrected chi connectivity index (χ2v) is 6.72. The fourth-order valence-corrected chi connectivity index (χ4v) is 3.11. The molecule has 0 amide bonds. The molecule has 5 nitrogen and oxygen atoms in total. The van der Waals surface area contributed by atoms with E-state index in [0.29, 0.717) is 11.3 Å². The lowest BCUT2D eigenvalue weighted by molar-refractivity contribution is -0.138. The number of halogens is 1. The third-order valence-corrected chi connectivity index (χ3v) is 4.64. The number of allylic oxidation sites excluding steroid dienone is 1. The first kappa shape index (κ1) is 19.2. The first-order chi connectivity index (χ1) is 12.1. The van der Waals surface area contributed by atoms with Crippen LogP contribution < -0.4 is 0 Å². The normalized spacial score (nSPS) is 15.2. The quantitative estimate of drug-likeness (QED) is 0.311. The maximum atomic E-state index is 12.7. The number of rotatable bonds is 6. The second-order valence-electron chi connectivity index (χ2n) is 5.81. The zero-order valence-corrected chi connectivity index (χ0v) is 15.8. The van der Waals surface area contributed by atoms with Crippen molar-refractivity contribution in [1.29, 1.82) is 5.26 Å². The molecule has 0 spiro atoms. The van der Waals surface area contributed by atoms with E-state index in [1.165, 1.54) is 0 Å². The van der Waals surface area contributed by atoms with Crippen molar-refractivity contribution in [2.75, 3.05) is 19.7 Å². The van der Waals surface area contributed by atoms with Crippen molar-refractivity contribution in [1.82, 2.24) is 4.90 Å². The van der Waals surface area contributed by atoms with Crippen LogP contribution in [-0.2, 0) is 9.53 Å². The molecule has 0 unspecified atom stereocenters. The standard InChI is InChI=1S/C19H21BrN2O3/c1-2-25-19(24)16(13-21)17(22-10-4-3-5-11-22)12-18(23)14-6-8-15(20)9-7-14/h6-9H,2-5,10-12H2,1H3/b17-16+. The minimum atomic E-state index is -0.658. The molecule has 0 aromatic heterocycles. The van der Waals surface area contributed by atoms with E-state index in [1.54, 1.807) is 31.2 Å². The molecule has 1 heterocycles. The summed E-state index contributed by atoms with van der Waals surface area (Å²) in [6, 6.07) is 9.02. The van der Waals surface area contributed by atoms with Crippen molar-refractivity contribution >= 4 is 27.7 Å². The molecule has 1 fully saturated rings. The Morgan fingerprint density at radius 2 is 1.84 bits per heavy atom. The Labute approximate surface area is 156 Å². The molecular weight excluding hydrogens is 384 g/mol. The van der Waals surface area contributed by atoms with Crippen LogP contribution in [0.2, 0.25) is 0 Å². The van der Waals surface area contributed by atoms with Gasteiger partial charge in [0.1, 0.15) is 6.07 Å². The van der Waals surface area contributed by atoms with Crippen molar-refractivity contribution in [2.24, 2.45) is 0 Å². The summed E-state index contributed by atoms with van der Waals surface area (Å²) in [5.74, 6) is -0.778. The van der Waals surface area contributed by atoms with Crippen molar-refractivity contribution < 1.29 is 14.3 Å². The highest BCUT2D eigenvalue weighted by atomic mass is 79.9. The van der Waals surface area contributed by atoms with E-state index in [0.717, 1.165) is 36.8 Å². The van der Waals surface area contributed by atoms with Gasteiger partial charge in [0.05, 0.1) is 13.0 Å². The van der Waals surface area contributed by atoms with Gasteiger partial charge >= 0.3 is 5.97 Å². The van der Waals surface area contributed by atoms with Gasteiger partial charge in [0.25, 0.3) is 0 Å². The molecular formula is C19H21BrN2O3. The SMILES string of the molecule is CCOC(=O)/C(C#N)=C(\CC(=O)c1ccc(Br)cc1)N1CCCCC1. The summed E-state index contributed by atoms with van der Waals surface area (Å²) < 4.78 is 5.90. The van der Waals surface area contributed by atoms with Gasteiger partial charge in [0.15, 0.2) is 11.4 Å². The number of Topliss-reactive ketones (excluding diaryl/α,β-unsaturated/α-hetero) is 1. The van der Waals surface area contributed by atoms with E-state index in [4.69, 9.17) is 4.74 Å². The number of piperidine rings is 1. The molecule has 132 valence electrons. The first-order valence-electron chi connectivity index (χ1n) is 8.41. The van der Waals surface area contributed by atoms with Crippen LogP contribution in [0.1, 0.15) is 43.0 Å². The first-order valence-corrected chi connectivity index (χ1v) is 9.20. The average Bonchev–Trinajstić information content (AvgIpc) is 2.63. The number of hydrogen-bond donors (Lipinski definition) is 0. The van der Waals surface area contributed by atoms with Gasteiger partial charge in [-0.05, 0) is 38.3 Å². The molecule has 0 atom stereocenters. The molecule has 0 saturated carbocycles. The van der Waals surface area contributed by atoms with Crippen LogP contribution >= 0.6 is 15.9 Å². The summed E-state index contributed by atoms with van der Waals surface area (Å²) in [4.78, 5) is 26.8. The van der Waals surface area contributed by atoms with E-state index in [1.807, 2.05) is 11.0 Å². The number of benzene rings is 1. The Hall–Kier alpha value is -2.13. The molecule has 0 aliphatic carbocycles. The lowest BCUT2D eigenvalue weighted by atomic mass is 10.0. The monoisotopic (exact) mass is 404 g/mol. The third-order valence-electron chi connectivity index (χ3n) is 4.11. The Morgan fingerprint density at radius 1 is 1.20 bits per heavy atom. The summed E-state index contributed by atoms with van der Waals surface area (Å²) in [5.41, 5.74) is 0.974. The van der Waals surface area contributed by atoms with E-state index >= 15 is 0 Å². The van der Waals surface area contributed by atoms with Crippen molar-refractivity contribution in [2.45, 2.75) is 32.6 Å². The number of likely N-dealkylation sites (tertiary alicyclic amines) is 1. The van der Waals surface area contributed by atoms with Gasteiger partial charge in [-0.1, -0.05) is 28.1 Å². The molecule has 0 radical (unpaired) electrons. The van der Waals surface area contributed by atoms with E-state index in [-0.39, 0.29) is 24.4 Å². The lowest BCUT2D eigenvalue weighted by Gasteiger charge is -2.31. The molecule has 0 N–H and O–H groups in total. The maximum absolute atomic E-state index is 12.7. The van der Waals surface area contributed by atoms with Crippen LogP contribution in [-0.4, -0.2) is 36.3 Å². The molecule has 1 saturated heterocycles. The second kappa shape index (κ2) is 9.38. The molecule has 2 rings (SSSR count). The number of ketones is 1. The number of carbonyl (C=O) groups excluding carboxylic acids is 2. The molecule has 1 aromatic rings. The third kappa shape index (κ3) is 5.17. The van der Waals surface area contributed by atoms with Crippen LogP contribution in [0.15, 0.2) is 40.0 Å². The molecule has 1 aliphatic rings. The number of esters is 1. The van der Waals surface area contributed by atoms with Crippen molar-refractivity contribution in [3.05, 3.63) is 45.6 Å². The fraction of sp³-hybridized carbons (Fsp3) is 0.421. The van der Waals surface area contributed by atoms with Gasteiger partial charge in [-0.25, -0.2) is 4.79 Å². The van der Waals surface area contributed by atoms with E-state index < -0.39 is 5.97 Å². The molecule has 1 aliphatic heterocycles. The highest BCUT2D eigenvalue weighted by molar-refractivity contribution is 9.10. The largest absolute Gasteiger partial charge is 0.462 e. The van der Waals surface area contributed by atoms with E-state index in [2.05, 4.69) is 15.9 Å². The van der Waals surface area contributed by atoms with Crippen molar-refractivity contribution in [3.63, 3.8) is 0 Å². The molecule has 1 aromatic carbocycles. The zero-order chi connectivity index (χ0) is 18.2. The zero-order valence-electron chi connectivity index (χ0n) is 14.3. The van der Waals surface area contributed by atoms with Gasteiger partial charge in [-0.2, -0.15) is 5.26 Å². The minimum absolute atomic E-state index is 0.0172. The van der Waals surface area contributed by atoms with Gasteiger partial charge < -0.3 is 9.64 Å². The summed E-state index contributed by atoms with van der Waals surface area (Å²) in [7, 11) is 0. The summed E-state index contributed by atoms with van der Waals surface area (Å²) in [6.07, 6.45) is 3.10. The predicted octanol–water partition coefficient (Wildman–Crippen LogP) is 3.85. The minimum Gasteiger partial charge on any atom is -0.462 e. The van der Waals surface area contributed by atoms with Crippen LogP contribution in [0, 0.1) is 11.3 Å². The summed E-state index contributed by atoms with van der Waals surface area (Å²) >= 11 is 3.35. The average molecular weight is 405 g/mol. The number of ether oxygens (including phenoxy) is 1. The van der Waals surface area contributed by atoms with Crippen LogP contribution in [0.25, 0.3) is 0 Å². The van der Waals surface area contributed by atoms with Gasteiger partial charge in [0, 0.05) is 28.8 Å². The summed E-state index contributed by atoms with van der Waals surface area (Å²) in [6.45, 7) is 3.37. The molecule has 6 heteroatoms. The number of hydrogen-bond acceptors (Lipinski definition) is 5. The van der Waals surface area contributed by atoms with E-state index in [9.17, 15) is 14.9 Å². The fourth-order valence-electron chi connectivity index (χ4n) is 2.84. The Morgan fingerprint density at radius 3 is 2.40 bits per heavy atom. The lowest BCUT2D eigenvalue weighted by Crippen LogP contribution is -2.32. The van der Waals surface area contributed by atoms with Gasteiger partial charge in [0.2, 0.25) is 0 Å². The highest BCUT2D eigenvalue weighted by Crippen LogP contribution is 2.23. The highest BCUT2D eigenvalue weighted by Gasteiger charge is 2.25. The Balaban J connectivity index is 2.33. The Kier molecular flexibility index (Phi) is 7.20.